The third-order valence-corrected chi connectivity index (χ3v) is 13.6. The summed E-state index contributed by atoms with van der Waals surface area (Å²) in [4.78, 5) is 9.15. The normalized spacial score (nSPS) is 11.6. The second-order valence-corrected chi connectivity index (χ2v) is 25.4. The van der Waals surface area contributed by atoms with Crippen LogP contribution in [-0.4, -0.2) is 23.2 Å². The molecule has 48 heavy (non-hydrogen) atoms. The molecule has 0 amide bonds. The van der Waals surface area contributed by atoms with Crippen molar-refractivity contribution in [1.29, 1.82) is 0 Å². The molecular formula is C41H36F2GeIrN2S-2. The zero-order chi connectivity index (χ0) is 33.3. The number of thiophene rings is 1. The second-order valence-electron chi connectivity index (χ2n) is 13.7. The van der Waals surface area contributed by atoms with Crippen molar-refractivity contribution in [3.05, 3.63) is 139 Å². The average molecular weight is 892 g/mol. The number of rotatable bonds is 4. The molecule has 0 unspecified atom stereocenters. The fraction of sp³-hybridized carbons (Fsp3) is 0.171. The first-order chi connectivity index (χ1) is 22.4. The van der Waals surface area contributed by atoms with Gasteiger partial charge in [-0.2, -0.15) is 11.3 Å². The summed E-state index contributed by atoms with van der Waals surface area (Å²) in [5.74, 6) is 5.99. The van der Waals surface area contributed by atoms with E-state index in [4.69, 9.17) is 0 Å². The molecule has 3 heterocycles. The molecule has 7 aromatic rings. The summed E-state index contributed by atoms with van der Waals surface area (Å²) in [5.41, 5.74) is 6.52. The molecule has 4 aromatic carbocycles. The Morgan fingerprint density at radius 2 is 1.48 bits per heavy atom. The van der Waals surface area contributed by atoms with E-state index in [1.54, 1.807) is 11.3 Å². The van der Waals surface area contributed by atoms with Gasteiger partial charge in [-0.15, -0.1) is 23.8 Å². The molecule has 245 valence electrons. The van der Waals surface area contributed by atoms with Gasteiger partial charge in [0.05, 0.1) is 0 Å². The average Bonchev–Trinajstić information content (AvgIpc) is 3.43. The molecule has 3 aromatic heterocycles. The first-order valence-corrected chi connectivity index (χ1v) is 23.8. The van der Waals surface area contributed by atoms with Crippen molar-refractivity contribution in [3.8, 4) is 33.6 Å². The molecule has 0 spiro atoms. The van der Waals surface area contributed by atoms with Crippen molar-refractivity contribution >= 4 is 49.2 Å². The largest absolute Gasteiger partial charge is 0 e. The zero-order valence-corrected chi connectivity index (χ0v) is 33.1. The van der Waals surface area contributed by atoms with Crippen molar-refractivity contribution < 1.29 is 28.9 Å². The van der Waals surface area contributed by atoms with Crippen LogP contribution in [0.1, 0.15) is 26.3 Å². The van der Waals surface area contributed by atoms with Crippen LogP contribution < -0.4 is 4.40 Å². The smallest absolute Gasteiger partial charge is 0 e. The maximum absolute atomic E-state index is 13.7. The van der Waals surface area contributed by atoms with Crippen LogP contribution in [0.4, 0.5) is 8.78 Å². The maximum atomic E-state index is 13.7. The fourth-order valence-corrected chi connectivity index (χ4v) is 8.83. The number of aromatic nitrogens is 2. The van der Waals surface area contributed by atoms with Crippen LogP contribution in [0.2, 0.25) is 17.3 Å². The first-order valence-electron chi connectivity index (χ1n) is 15.6. The van der Waals surface area contributed by atoms with E-state index in [2.05, 4.69) is 90.5 Å². The Morgan fingerprint density at radius 1 is 0.708 bits per heavy atom. The number of hydrogen-bond donors (Lipinski definition) is 0. The van der Waals surface area contributed by atoms with Gasteiger partial charge in [-0.3, -0.25) is 0 Å². The van der Waals surface area contributed by atoms with Gasteiger partial charge in [-0.05, 0) is 62.2 Å². The minimum atomic E-state index is -1.72. The van der Waals surface area contributed by atoms with Gasteiger partial charge in [0.25, 0.3) is 0 Å². The van der Waals surface area contributed by atoms with E-state index < -0.39 is 24.9 Å². The minimum Gasteiger partial charge on any atom is 0 e. The van der Waals surface area contributed by atoms with Crippen LogP contribution >= 0.6 is 11.3 Å². The molecule has 0 aliphatic heterocycles. The Kier molecular flexibility index (Phi) is 10.8. The van der Waals surface area contributed by atoms with Crippen molar-refractivity contribution in [2.24, 2.45) is 0 Å². The SMILES string of the molecule is CC(C)(C)c1ccnc(-c2[c-]ccc3c2sc2cc(-c4cc(F)cc(F)c4)ccc23)c1.[CH3][Ge]([CH3])([CH3])[c]1ccc(-c2[c-]cccc2)nc1.[Ir]. The number of nitrogens with zero attached hydrogens (tertiary/aromatic N) is 2. The molecule has 0 fully saturated rings. The predicted octanol–water partition coefficient (Wildman–Crippen LogP) is 11.3. The van der Waals surface area contributed by atoms with Gasteiger partial charge in [0, 0.05) is 37.1 Å². The summed E-state index contributed by atoms with van der Waals surface area (Å²) in [6.07, 6.45) is 3.89. The van der Waals surface area contributed by atoms with Crippen molar-refractivity contribution in [3.63, 3.8) is 0 Å². The van der Waals surface area contributed by atoms with Gasteiger partial charge >= 0.3 is 99.8 Å². The van der Waals surface area contributed by atoms with Gasteiger partial charge in [0.2, 0.25) is 0 Å². The van der Waals surface area contributed by atoms with Gasteiger partial charge in [0.15, 0.2) is 0 Å². The molecule has 0 bridgehead atoms. The second kappa shape index (κ2) is 14.5. The van der Waals surface area contributed by atoms with Crippen LogP contribution in [-0.2, 0) is 25.5 Å². The van der Waals surface area contributed by atoms with E-state index in [-0.39, 0.29) is 25.5 Å². The number of benzene rings is 4. The Bertz CT molecular complexity index is 2160. The summed E-state index contributed by atoms with van der Waals surface area (Å²) in [6.45, 7) is 6.56. The third kappa shape index (κ3) is 8.01. The zero-order valence-electron chi connectivity index (χ0n) is 27.8. The Balaban J connectivity index is 0.000000224. The standard InChI is InChI=1S/C27H20F2NS.C14H16GeN.Ir/c1-27(2,3)18-9-10-30-24(14-18)23-6-4-5-22-21-8-7-16(13-25(21)31-26(22)23)17-11-19(28)15-20(29)12-17;1-15(2,3)13-9-10-14(16-11-13)12-7-5-4-6-8-12;/h4-5,7-15H,1-3H3;4-7,9-11H,1-3H3;/q2*-1;. The van der Waals surface area contributed by atoms with Crippen molar-refractivity contribution in [2.45, 2.75) is 43.5 Å². The molecule has 2 nitrogen and oxygen atoms in total. The Hall–Kier alpha value is -3.55. The van der Waals surface area contributed by atoms with Crippen LogP contribution in [0.3, 0.4) is 0 Å². The quantitative estimate of drug-likeness (QED) is 0.130. The third-order valence-electron chi connectivity index (χ3n) is 8.13. The molecule has 0 saturated carbocycles. The minimum absolute atomic E-state index is 0. The van der Waals surface area contributed by atoms with Gasteiger partial charge in [0.1, 0.15) is 11.6 Å². The molecular weight excluding hydrogens is 855 g/mol. The molecule has 0 atom stereocenters. The van der Waals surface area contributed by atoms with E-state index in [0.717, 1.165) is 54.3 Å². The molecule has 1 radical (unpaired) electrons. The summed E-state index contributed by atoms with van der Waals surface area (Å²) in [6, 6.07) is 36.6. The topological polar surface area (TPSA) is 25.8 Å². The summed E-state index contributed by atoms with van der Waals surface area (Å²) < 4.78 is 31.0. The predicted molar refractivity (Wildman–Crippen MR) is 197 cm³/mol. The number of pyridine rings is 2. The maximum Gasteiger partial charge on any atom is 0 e. The Morgan fingerprint density at radius 3 is 2.12 bits per heavy atom. The molecule has 0 aliphatic rings. The first kappa shape index (κ1) is 35.8. The van der Waals surface area contributed by atoms with Gasteiger partial charge < -0.3 is 4.98 Å². The molecule has 7 heteroatoms. The fourth-order valence-electron chi connectivity index (χ4n) is 5.42. The molecule has 0 saturated heterocycles. The van der Waals surface area contributed by atoms with E-state index >= 15 is 0 Å². The number of halogens is 2. The molecule has 0 N–H and O–H groups in total. The molecule has 7 rings (SSSR count). The van der Waals surface area contributed by atoms with Crippen molar-refractivity contribution in [2.75, 3.05) is 0 Å². The van der Waals surface area contributed by atoms with Crippen LogP contribution in [0.5, 0.6) is 0 Å². The van der Waals surface area contributed by atoms with Gasteiger partial charge in [-0.1, -0.05) is 44.4 Å². The Labute approximate surface area is 302 Å². The summed E-state index contributed by atoms with van der Waals surface area (Å²) in [7, 11) is 0. The molecule has 0 aliphatic carbocycles. The van der Waals surface area contributed by atoms with E-state index in [1.165, 1.54) is 22.1 Å². The van der Waals surface area contributed by atoms with E-state index in [9.17, 15) is 8.78 Å². The van der Waals surface area contributed by atoms with Crippen LogP contribution in [0.25, 0.3) is 53.8 Å². The van der Waals surface area contributed by atoms with Crippen LogP contribution in [0.15, 0.2) is 109 Å². The summed E-state index contributed by atoms with van der Waals surface area (Å²) >= 11 is -0.0609. The number of hydrogen-bond acceptors (Lipinski definition) is 3. The summed E-state index contributed by atoms with van der Waals surface area (Å²) in [5, 5.41) is 2.25. The van der Waals surface area contributed by atoms with Crippen molar-refractivity contribution in [1.82, 2.24) is 9.97 Å². The van der Waals surface area contributed by atoms with E-state index in [0.29, 0.717) is 5.56 Å². The van der Waals surface area contributed by atoms with Gasteiger partial charge in [-0.25, -0.2) is 8.78 Å². The van der Waals surface area contributed by atoms with E-state index in [1.807, 2.05) is 60.9 Å². The monoisotopic (exact) mass is 893 g/mol. The van der Waals surface area contributed by atoms with Crippen LogP contribution in [0, 0.1) is 23.8 Å². The number of fused-ring (bicyclic) bond motifs is 3.